The number of fused-ring (bicyclic) bond motifs is 1. The topological polar surface area (TPSA) is 0 Å². The van der Waals surface area contributed by atoms with E-state index in [0.29, 0.717) is 0 Å². The molecule has 1 nitrogen and oxygen atoms in total. The third-order valence-corrected chi connectivity index (χ3v) is 5.11. The van der Waals surface area contributed by atoms with Crippen LogP contribution in [0.25, 0.3) is 10.8 Å². The van der Waals surface area contributed by atoms with Gasteiger partial charge in [-0.25, -0.2) is 0 Å². The maximum atomic E-state index is 6.07. The van der Waals surface area contributed by atoms with Crippen LogP contribution in [0.1, 0.15) is 31.7 Å². The van der Waals surface area contributed by atoms with Crippen LogP contribution in [-0.4, -0.2) is 30.7 Å². The summed E-state index contributed by atoms with van der Waals surface area (Å²) in [5, 5.41) is 3.39. The summed E-state index contributed by atoms with van der Waals surface area (Å²) >= 11 is 6.07. The predicted molar refractivity (Wildman–Crippen MR) is 104 cm³/mol. The Bertz CT molecular complexity index is 783. The summed E-state index contributed by atoms with van der Waals surface area (Å²) in [5.74, 6) is 6.91. The van der Waals surface area contributed by atoms with Crippen LogP contribution in [0.3, 0.4) is 0 Å². The van der Waals surface area contributed by atoms with Gasteiger partial charge in [-0.05, 0) is 55.0 Å². The molecule has 2 aromatic carbocycles. The smallest absolute Gasteiger partial charge is 0.141 e. The molecule has 0 atom stereocenters. The van der Waals surface area contributed by atoms with Crippen molar-refractivity contribution in [2.75, 3.05) is 26.2 Å². The third-order valence-electron chi connectivity index (χ3n) is 4.95. The van der Waals surface area contributed by atoms with Gasteiger partial charge in [0.2, 0.25) is 0 Å². The van der Waals surface area contributed by atoms with Crippen LogP contribution in [0.4, 0.5) is 0 Å². The first-order valence-corrected chi connectivity index (χ1v) is 9.20. The molecule has 1 heterocycles. The van der Waals surface area contributed by atoms with Crippen molar-refractivity contribution in [3.8, 4) is 11.8 Å². The van der Waals surface area contributed by atoms with Crippen LogP contribution in [-0.2, 0) is 0 Å². The molecule has 25 heavy (non-hydrogen) atoms. The van der Waals surface area contributed by atoms with Gasteiger partial charge in [-0.2, -0.15) is 0 Å². The fourth-order valence-electron chi connectivity index (χ4n) is 3.54. The number of halogens is 2. The average Bonchev–Trinajstić information content (AvgIpc) is 2.61. The molecule has 1 saturated heterocycles. The Hall–Kier alpha value is -1.46. The molecule has 3 rings (SSSR count). The number of hydrogen-bond acceptors (Lipinski definition) is 0. The Morgan fingerprint density at radius 3 is 2.56 bits per heavy atom. The second kappa shape index (κ2) is 9.30. The van der Waals surface area contributed by atoms with Gasteiger partial charge < -0.3 is 16.9 Å². The summed E-state index contributed by atoms with van der Waals surface area (Å²) in [5.41, 5.74) is 1.13. The second-order valence-electron chi connectivity index (χ2n) is 6.81. The summed E-state index contributed by atoms with van der Waals surface area (Å²) < 4.78 is 1.06. The van der Waals surface area contributed by atoms with E-state index in [-0.39, 0.29) is 12.4 Å². The average molecular weight is 374 g/mol. The Morgan fingerprint density at radius 1 is 1.08 bits per heavy atom. The maximum absolute atomic E-state index is 6.07. The normalized spacial score (nSPS) is 16.6. The second-order valence-corrected chi connectivity index (χ2v) is 7.41. The van der Waals surface area contributed by atoms with Crippen LogP contribution in [0.5, 0.6) is 0 Å². The van der Waals surface area contributed by atoms with E-state index in [2.05, 4.69) is 60.4 Å². The summed E-state index contributed by atoms with van der Waals surface area (Å²) in [6.45, 7) is 6.29. The minimum Gasteiger partial charge on any atom is -1.00 e. The van der Waals surface area contributed by atoms with E-state index in [1.54, 1.807) is 0 Å². The predicted octanol–water partition coefficient (Wildman–Crippen LogP) is 2.34. The van der Waals surface area contributed by atoms with Crippen LogP contribution < -0.4 is 12.4 Å². The van der Waals surface area contributed by atoms with Crippen molar-refractivity contribution >= 4 is 22.4 Å². The number of quaternary nitrogens is 1. The number of benzene rings is 2. The molecule has 0 amide bonds. The molecular formula is C22H25Cl2N. The van der Waals surface area contributed by atoms with Crippen LogP contribution in [0.15, 0.2) is 53.6 Å². The Balaban J connectivity index is 0.00000225. The summed E-state index contributed by atoms with van der Waals surface area (Å²) in [6, 6.07) is 14.8. The first-order valence-electron chi connectivity index (χ1n) is 8.83. The maximum Gasteiger partial charge on any atom is 0.141 e. The molecule has 132 valence electrons. The minimum atomic E-state index is 0. The van der Waals surface area contributed by atoms with Crippen molar-refractivity contribution in [3.05, 3.63) is 59.1 Å². The van der Waals surface area contributed by atoms with Crippen molar-refractivity contribution in [1.29, 1.82) is 0 Å². The molecule has 0 N–H and O–H groups in total. The molecule has 0 spiro atoms. The van der Waals surface area contributed by atoms with E-state index in [9.17, 15) is 0 Å². The summed E-state index contributed by atoms with van der Waals surface area (Å²) in [7, 11) is 0. The van der Waals surface area contributed by atoms with Gasteiger partial charge in [0, 0.05) is 10.6 Å². The first-order chi connectivity index (χ1) is 11.7. The number of likely N-dealkylation sites (tertiary alicyclic amines) is 1. The molecule has 0 saturated carbocycles. The lowest BCUT2D eigenvalue weighted by Crippen LogP contribution is -3.00. The highest BCUT2D eigenvalue weighted by Crippen LogP contribution is 2.20. The fraction of sp³-hybridized carbons (Fsp3) is 0.364. The minimum absolute atomic E-state index is 0. The van der Waals surface area contributed by atoms with E-state index < -0.39 is 0 Å². The van der Waals surface area contributed by atoms with Gasteiger partial charge in [-0.15, -0.1) is 0 Å². The highest BCUT2D eigenvalue weighted by molar-refractivity contribution is 6.29. The molecule has 1 aliphatic rings. The zero-order valence-corrected chi connectivity index (χ0v) is 16.3. The number of rotatable bonds is 3. The lowest BCUT2D eigenvalue weighted by molar-refractivity contribution is -0.920. The van der Waals surface area contributed by atoms with Crippen LogP contribution in [0.2, 0.25) is 0 Å². The number of allylic oxidation sites excluding steroid dienone is 1. The van der Waals surface area contributed by atoms with E-state index in [4.69, 9.17) is 11.6 Å². The Kier molecular flexibility index (Phi) is 7.38. The number of nitrogens with zero attached hydrogens (tertiary/aromatic N) is 1. The van der Waals surface area contributed by atoms with Crippen molar-refractivity contribution < 1.29 is 16.9 Å². The standard InChI is InChI=1S/C22H25ClN.ClH/c1-19(23)14-18-24(15-5-2-6-16-24)17-8-12-21-11-7-10-20-9-3-4-13-22(20)21;/h3-4,7,9-11,13-14H,2,5-6,15-18H2,1H3;1H/q+1;/p-1/b19-14-;. The largest absolute Gasteiger partial charge is 1.00 e. The molecule has 0 bridgehead atoms. The number of piperidine rings is 1. The van der Waals surface area contributed by atoms with Gasteiger partial charge in [0.15, 0.2) is 0 Å². The zero-order chi connectivity index (χ0) is 16.8. The SMILES string of the molecule is C/C(Cl)=C/C[N+]1(CC#Cc2cccc3ccccc23)CCCCC1.[Cl-]. The van der Waals surface area contributed by atoms with E-state index >= 15 is 0 Å². The van der Waals surface area contributed by atoms with Gasteiger partial charge in [0.25, 0.3) is 0 Å². The Morgan fingerprint density at radius 2 is 1.80 bits per heavy atom. The summed E-state index contributed by atoms with van der Waals surface area (Å²) in [6.07, 6.45) is 6.10. The third kappa shape index (κ3) is 5.25. The van der Waals surface area contributed by atoms with Crippen molar-refractivity contribution in [3.63, 3.8) is 0 Å². The lowest BCUT2D eigenvalue weighted by Gasteiger charge is -2.39. The number of hydrogen-bond donors (Lipinski definition) is 0. The van der Waals surface area contributed by atoms with Crippen LogP contribution >= 0.6 is 11.6 Å². The molecule has 0 aromatic heterocycles. The zero-order valence-electron chi connectivity index (χ0n) is 14.8. The van der Waals surface area contributed by atoms with Gasteiger partial charge in [-0.1, -0.05) is 53.9 Å². The molecule has 3 heteroatoms. The van der Waals surface area contributed by atoms with Gasteiger partial charge in [-0.3, -0.25) is 0 Å². The molecule has 1 fully saturated rings. The molecule has 0 aliphatic carbocycles. The monoisotopic (exact) mass is 373 g/mol. The van der Waals surface area contributed by atoms with Crippen molar-refractivity contribution in [2.45, 2.75) is 26.2 Å². The van der Waals surface area contributed by atoms with Gasteiger partial charge >= 0.3 is 0 Å². The van der Waals surface area contributed by atoms with E-state index in [1.807, 2.05) is 6.92 Å². The molecule has 1 aliphatic heterocycles. The highest BCUT2D eigenvalue weighted by Gasteiger charge is 2.27. The lowest BCUT2D eigenvalue weighted by atomic mass is 10.0. The fourth-order valence-corrected chi connectivity index (χ4v) is 3.61. The van der Waals surface area contributed by atoms with Crippen molar-refractivity contribution in [1.82, 2.24) is 0 Å². The quantitative estimate of drug-likeness (QED) is 0.572. The molecular weight excluding hydrogens is 349 g/mol. The summed E-state index contributed by atoms with van der Waals surface area (Å²) in [4.78, 5) is 0. The molecule has 0 unspecified atom stereocenters. The van der Waals surface area contributed by atoms with Gasteiger partial charge in [0.1, 0.15) is 6.54 Å². The molecule has 2 aromatic rings. The van der Waals surface area contributed by atoms with Crippen molar-refractivity contribution in [2.24, 2.45) is 0 Å². The first kappa shape index (κ1) is 19.9. The van der Waals surface area contributed by atoms with Gasteiger partial charge in [0.05, 0.1) is 19.6 Å². The highest BCUT2D eigenvalue weighted by atomic mass is 35.5. The van der Waals surface area contributed by atoms with Crippen LogP contribution in [0, 0.1) is 11.8 Å². The Labute approximate surface area is 162 Å². The van der Waals surface area contributed by atoms with E-state index in [1.165, 1.54) is 43.1 Å². The van der Waals surface area contributed by atoms with E-state index in [0.717, 1.165) is 28.2 Å². The molecule has 0 radical (unpaired) electrons.